The van der Waals surface area contributed by atoms with Crippen molar-refractivity contribution in [3.63, 3.8) is 0 Å². The van der Waals surface area contributed by atoms with Crippen LogP contribution in [0.3, 0.4) is 0 Å². The lowest BCUT2D eigenvalue weighted by Crippen LogP contribution is -1.72. The fourth-order valence-electron chi connectivity index (χ4n) is 0.865. The van der Waals surface area contributed by atoms with Crippen LogP contribution in [-0.2, 0) is 0 Å². The summed E-state index contributed by atoms with van der Waals surface area (Å²) in [4.78, 5) is 19.4. The number of carbonyl (C=O) groups excluding carboxylic acids is 1. The summed E-state index contributed by atoms with van der Waals surface area (Å²) in [7, 11) is 0. The van der Waals surface area contributed by atoms with Crippen LogP contribution in [-0.4, -0.2) is 16.3 Å². The van der Waals surface area contributed by atoms with Crippen molar-refractivity contribution in [3.8, 4) is 0 Å². The molecule has 78 valence electrons. The highest BCUT2D eigenvalue weighted by molar-refractivity contribution is 8.02. The molecule has 0 saturated heterocycles. The van der Waals surface area contributed by atoms with Crippen molar-refractivity contribution >= 4 is 52.3 Å². The summed E-state index contributed by atoms with van der Waals surface area (Å²) in [6, 6.07) is 0. The maximum Gasteiger partial charge on any atom is 0.163 e. The fraction of sp³-hybridized carbons (Fsp3) is 0.125. The summed E-state index contributed by atoms with van der Waals surface area (Å²) in [5.41, 5.74) is 0.987. The quantitative estimate of drug-likeness (QED) is 0.805. The molecule has 0 atom stereocenters. The van der Waals surface area contributed by atoms with Gasteiger partial charge in [0.05, 0.1) is 0 Å². The standard InChI is InChI=1S/C8H5ClN2OS3/c1-4-3-13-7(10-4)15-8-11-6(9)5(2-12)14-8/h2-3H,1H3. The minimum Gasteiger partial charge on any atom is -0.297 e. The smallest absolute Gasteiger partial charge is 0.163 e. The second-order valence-corrected chi connectivity index (χ2v) is 6.35. The zero-order valence-corrected chi connectivity index (χ0v) is 10.8. The molecule has 0 radical (unpaired) electrons. The molecule has 2 aromatic heterocycles. The first-order valence-electron chi connectivity index (χ1n) is 3.90. The zero-order valence-electron chi connectivity index (χ0n) is 7.56. The molecular formula is C8H5ClN2OS3. The van der Waals surface area contributed by atoms with Crippen molar-refractivity contribution in [1.82, 2.24) is 9.97 Å². The van der Waals surface area contributed by atoms with Gasteiger partial charge in [-0.15, -0.1) is 22.7 Å². The molecule has 2 heterocycles. The highest BCUT2D eigenvalue weighted by atomic mass is 35.5. The van der Waals surface area contributed by atoms with Gasteiger partial charge in [0, 0.05) is 11.1 Å². The van der Waals surface area contributed by atoms with Gasteiger partial charge in [0.15, 0.2) is 20.1 Å². The summed E-state index contributed by atoms with van der Waals surface area (Å²) < 4.78 is 1.66. The van der Waals surface area contributed by atoms with Crippen molar-refractivity contribution in [1.29, 1.82) is 0 Å². The number of hydrogen-bond acceptors (Lipinski definition) is 6. The molecule has 0 aliphatic heterocycles. The van der Waals surface area contributed by atoms with Crippen LogP contribution in [0.5, 0.6) is 0 Å². The third-order valence-electron chi connectivity index (χ3n) is 1.47. The average Bonchev–Trinajstić information content (AvgIpc) is 2.73. The van der Waals surface area contributed by atoms with E-state index in [0.29, 0.717) is 4.88 Å². The van der Waals surface area contributed by atoms with Crippen molar-refractivity contribution in [3.05, 3.63) is 21.1 Å². The SMILES string of the molecule is Cc1csc(Sc2nc(Cl)c(C=O)s2)n1. The predicted octanol–water partition coefficient (Wildman–Crippen LogP) is 3.53. The Morgan fingerprint density at radius 3 is 2.80 bits per heavy atom. The Kier molecular flexibility index (Phi) is 3.40. The first kappa shape index (κ1) is 11.1. The number of rotatable bonds is 3. The van der Waals surface area contributed by atoms with Crippen LogP contribution in [0, 0.1) is 6.92 Å². The minimum absolute atomic E-state index is 0.269. The lowest BCUT2D eigenvalue weighted by molar-refractivity contribution is 0.112. The van der Waals surface area contributed by atoms with Crippen molar-refractivity contribution in [2.45, 2.75) is 15.6 Å². The number of thiazole rings is 2. The Balaban J connectivity index is 2.20. The molecule has 0 bridgehead atoms. The van der Waals surface area contributed by atoms with Crippen LogP contribution in [0.25, 0.3) is 0 Å². The third-order valence-corrected chi connectivity index (χ3v) is 4.97. The van der Waals surface area contributed by atoms with Crippen molar-refractivity contribution < 1.29 is 4.79 Å². The zero-order chi connectivity index (χ0) is 10.8. The summed E-state index contributed by atoms with van der Waals surface area (Å²) in [6.07, 6.45) is 0.719. The molecule has 2 rings (SSSR count). The van der Waals surface area contributed by atoms with Gasteiger partial charge in [-0.1, -0.05) is 11.6 Å². The molecule has 7 heteroatoms. The van der Waals surface area contributed by atoms with E-state index in [9.17, 15) is 4.79 Å². The van der Waals surface area contributed by atoms with Gasteiger partial charge >= 0.3 is 0 Å². The Morgan fingerprint density at radius 2 is 2.27 bits per heavy atom. The van der Waals surface area contributed by atoms with Gasteiger partial charge < -0.3 is 0 Å². The van der Waals surface area contributed by atoms with E-state index in [-0.39, 0.29) is 5.15 Å². The molecule has 2 aromatic rings. The molecule has 0 aliphatic rings. The molecular weight excluding hydrogens is 272 g/mol. The van der Waals surface area contributed by atoms with Gasteiger partial charge in [-0.2, -0.15) is 0 Å². The number of aldehydes is 1. The summed E-state index contributed by atoms with van der Waals surface area (Å²) in [5, 5.41) is 2.24. The van der Waals surface area contributed by atoms with Crippen molar-refractivity contribution in [2.75, 3.05) is 0 Å². The molecule has 0 amide bonds. The van der Waals surface area contributed by atoms with Gasteiger partial charge in [0.1, 0.15) is 4.88 Å². The molecule has 3 nitrogen and oxygen atoms in total. The van der Waals surface area contributed by atoms with Gasteiger partial charge in [-0.3, -0.25) is 4.79 Å². The van der Waals surface area contributed by atoms with E-state index in [2.05, 4.69) is 9.97 Å². The average molecular weight is 277 g/mol. The first-order valence-corrected chi connectivity index (χ1v) is 6.79. The van der Waals surface area contributed by atoms with Crippen LogP contribution in [0.15, 0.2) is 14.1 Å². The van der Waals surface area contributed by atoms with E-state index in [0.717, 1.165) is 20.7 Å². The molecule has 0 fully saturated rings. The van der Waals surface area contributed by atoms with Crippen LogP contribution >= 0.6 is 46.0 Å². The number of carbonyl (C=O) groups is 1. The molecule has 0 saturated carbocycles. The predicted molar refractivity (Wildman–Crippen MR) is 63.5 cm³/mol. The van der Waals surface area contributed by atoms with E-state index in [1.165, 1.54) is 23.1 Å². The van der Waals surface area contributed by atoms with Crippen LogP contribution in [0.2, 0.25) is 5.15 Å². The molecule has 0 unspecified atom stereocenters. The lowest BCUT2D eigenvalue weighted by atomic mass is 10.6. The van der Waals surface area contributed by atoms with E-state index < -0.39 is 0 Å². The fourth-order valence-corrected chi connectivity index (χ4v) is 4.11. The summed E-state index contributed by atoms with van der Waals surface area (Å²) >= 11 is 10.0. The van der Waals surface area contributed by atoms with Gasteiger partial charge in [0.2, 0.25) is 0 Å². The topological polar surface area (TPSA) is 42.9 Å². The minimum atomic E-state index is 0.269. The molecule has 0 aliphatic carbocycles. The third kappa shape index (κ3) is 2.57. The normalized spacial score (nSPS) is 10.5. The number of aromatic nitrogens is 2. The second-order valence-electron chi connectivity index (χ2n) is 2.61. The van der Waals surface area contributed by atoms with Gasteiger partial charge in [-0.05, 0) is 18.7 Å². The number of halogens is 1. The van der Waals surface area contributed by atoms with Crippen LogP contribution in [0.4, 0.5) is 0 Å². The van der Waals surface area contributed by atoms with Crippen LogP contribution in [0.1, 0.15) is 15.4 Å². The van der Waals surface area contributed by atoms with E-state index in [1.807, 2.05) is 12.3 Å². The van der Waals surface area contributed by atoms with E-state index in [4.69, 9.17) is 11.6 Å². The Bertz CT molecular complexity index is 494. The maximum absolute atomic E-state index is 10.6. The number of aryl methyl sites for hydroxylation is 1. The maximum atomic E-state index is 10.6. The summed E-state index contributed by atoms with van der Waals surface area (Å²) in [6.45, 7) is 1.94. The number of nitrogens with zero attached hydrogens (tertiary/aromatic N) is 2. The summed E-state index contributed by atoms with van der Waals surface area (Å²) in [5.74, 6) is 0. The Hall–Kier alpha value is -0.430. The number of hydrogen-bond donors (Lipinski definition) is 0. The highest BCUT2D eigenvalue weighted by Crippen LogP contribution is 2.35. The van der Waals surface area contributed by atoms with Gasteiger partial charge in [0.25, 0.3) is 0 Å². The van der Waals surface area contributed by atoms with E-state index >= 15 is 0 Å². The monoisotopic (exact) mass is 276 g/mol. The molecule has 0 aromatic carbocycles. The van der Waals surface area contributed by atoms with Crippen LogP contribution < -0.4 is 0 Å². The Morgan fingerprint density at radius 1 is 1.47 bits per heavy atom. The largest absolute Gasteiger partial charge is 0.297 e. The molecule has 15 heavy (non-hydrogen) atoms. The first-order chi connectivity index (χ1) is 7.19. The highest BCUT2D eigenvalue weighted by Gasteiger charge is 2.11. The van der Waals surface area contributed by atoms with Crippen molar-refractivity contribution in [2.24, 2.45) is 0 Å². The van der Waals surface area contributed by atoms with Gasteiger partial charge in [-0.25, -0.2) is 9.97 Å². The lowest BCUT2D eigenvalue weighted by Gasteiger charge is -1.87. The second kappa shape index (κ2) is 4.61. The molecule has 0 spiro atoms. The van der Waals surface area contributed by atoms with E-state index in [1.54, 1.807) is 11.3 Å². The Labute approximate surface area is 104 Å². The molecule has 0 N–H and O–H groups in total.